The molecule has 0 aliphatic carbocycles. The molecule has 0 unspecified atom stereocenters. The average molecular weight is 502 g/mol. The van der Waals surface area contributed by atoms with E-state index in [2.05, 4.69) is 5.32 Å². The number of carbonyl (C=O) groups is 2. The molecule has 2 aromatic rings. The molecular weight excluding hydrogens is 462 g/mol. The summed E-state index contributed by atoms with van der Waals surface area (Å²) >= 11 is 0. The van der Waals surface area contributed by atoms with Crippen molar-refractivity contribution >= 4 is 27.5 Å². The lowest BCUT2D eigenvalue weighted by Gasteiger charge is -2.32. The molecule has 0 heterocycles. The third-order valence-electron chi connectivity index (χ3n) is 5.79. The number of nitrogens with one attached hydrogen (secondary N) is 1. The number of para-hydroxylation sites is 1. The number of nitrogens with zero attached hydrogens (tertiary/aromatic N) is 2. The summed E-state index contributed by atoms with van der Waals surface area (Å²) < 4.78 is 26.3. The zero-order valence-corrected chi connectivity index (χ0v) is 22.6. The number of rotatable bonds is 12. The predicted octanol–water partition coefficient (Wildman–Crippen LogP) is 4.18. The van der Waals surface area contributed by atoms with Crippen molar-refractivity contribution in [3.63, 3.8) is 0 Å². The fourth-order valence-electron chi connectivity index (χ4n) is 4.13. The number of aryl methyl sites for hydroxylation is 2. The summed E-state index contributed by atoms with van der Waals surface area (Å²) in [6.07, 6.45) is 2.13. The van der Waals surface area contributed by atoms with E-state index >= 15 is 0 Å². The smallest absolute Gasteiger partial charge is 0.243 e. The van der Waals surface area contributed by atoms with Crippen molar-refractivity contribution in [1.82, 2.24) is 10.2 Å². The van der Waals surface area contributed by atoms with Gasteiger partial charge in [-0.1, -0.05) is 55.0 Å². The highest BCUT2D eigenvalue weighted by Gasteiger charge is 2.29. The molecule has 7 nitrogen and oxygen atoms in total. The standard InChI is InChI=1S/C27H39N3O4S/c1-7-24(27(32)28-20(2)3)29(19-23-14-10-12-21(4)18-23)26(31)16-11-17-30(35(6,33)34)25-15-9-8-13-22(25)5/h8-10,12-15,18,20,24H,7,11,16-17,19H2,1-6H3,(H,28,32)/t24-/m1/s1. The van der Waals surface area contributed by atoms with Crippen molar-refractivity contribution < 1.29 is 18.0 Å². The molecule has 1 atom stereocenters. The van der Waals surface area contributed by atoms with Gasteiger partial charge in [0.05, 0.1) is 11.9 Å². The molecule has 35 heavy (non-hydrogen) atoms. The van der Waals surface area contributed by atoms with Gasteiger partial charge in [-0.2, -0.15) is 0 Å². The Kier molecular flexibility index (Phi) is 10.3. The molecule has 8 heteroatoms. The van der Waals surface area contributed by atoms with Gasteiger partial charge in [-0.05, 0) is 57.7 Å². The first-order chi connectivity index (χ1) is 16.4. The Morgan fingerprint density at radius 2 is 1.71 bits per heavy atom. The molecule has 0 saturated heterocycles. The normalized spacial score (nSPS) is 12.3. The van der Waals surface area contributed by atoms with E-state index in [1.807, 2.05) is 71.0 Å². The molecule has 2 aromatic carbocycles. The van der Waals surface area contributed by atoms with Gasteiger partial charge in [-0.15, -0.1) is 0 Å². The largest absolute Gasteiger partial charge is 0.352 e. The summed E-state index contributed by atoms with van der Waals surface area (Å²) in [5, 5.41) is 2.93. The van der Waals surface area contributed by atoms with Gasteiger partial charge in [0.25, 0.3) is 0 Å². The third kappa shape index (κ3) is 8.38. The van der Waals surface area contributed by atoms with Crippen LogP contribution in [0.5, 0.6) is 0 Å². The van der Waals surface area contributed by atoms with Crippen LogP contribution in [0, 0.1) is 13.8 Å². The summed E-state index contributed by atoms with van der Waals surface area (Å²) in [4.78, 5) is 28.0. The quantitative estimate of drug-likeness (QED) is 0.473. The second-order valence-corrected chi connectivity index (χ2v) is 11.2. The lowest BCUT2D eigenvalue weighted by Crippen LogP contribution is -2.50. The number of sulfonamides is 1. The summed E-state index contributed by atoms with van der Waals surface area (Å²) in [5.74, 6) is -0.350. The Labute approximate surface area is 210 Å². The van der Waals surface area contributed by atoms with Crippen molar-refractivity contribution in [2.75, 3.05) is 17.1 Å². The van der Waals surface area contributed by atoms with E-state index < -0.39 is 16.1 Å². The lowest BCUT2D eigenvalue weighted by molar-refractivity contribution is -0.141. The average Bonchev–Trinajstić information content (AvgIpc) is 2.76. The van der Waals surface area contributed by atoms with E-state index in [1.165, 1.54) is 10.6 Å². The predicted molar refractivity (Wildman–Crippen MR) is 142 cm³/mol. The molecule has 0 aliphatic rings. The van der Waals surface area contributed by atoms with Gasteiger partial charge in [-0.25, -0.2) is 8.42 Å². The van der Waals surface area contributed by atoms with Crippen LogP contribution in [0.3, 0.4) is 0 Å². The van der Waals surface area contributed by atoms with Crippen LogP contribution in [-0.4, -0.2) is 50.0 Å². The molecule has 0 spiro atoms. The van der Waals surface area contributed by atoms with Gasteiger partial charge in [0.1, 0.15) is 6.04 Å². The Hall–Kier alpha value is -2.87. The monoisotopic (exact) mass is 501 g/mol. The van der Waals surface area contributed by atoms with E-state index in [9.17, 15) is 18.0 Å². The Bertz CT molecular complexity index is 1110. The zero-order chi connectivity index (χ0) is 26.2. The van der Waals surface area contributed by atoms with Crippen LogP contribution >= 0.6 is 0 Å². The topological polar surface area (TPSA) is 86.8 Å². The van der Waals surface area contributed by atoms with Gasteiger partial charge < -0.3 is 10.2 Å². The minimum absolute atomic E-state index is 0.0371. The fourth-order valence-corrected chi connectivity index (χ4v) is 5.16. The molecule has 0 radical (unpaired) electrons. The van der Waals surface area contributed by atoms with Crippen LogP contribution in [0.15, 0.2) is 48.5 Å². The number of anilines is 1. The molecule has 192 valence electrons. The van der Waals surface area contributed by atoms with Crippen molar-refractivity contribution in [2.45, 2.75) is 72.5 Å². The number of hydrogen-bond donors (Lipinski definition) is 1. The molecule has 0 bridgehead atoms. The third-order valence-corrected chi connectivity index (χ3v) is 6.97. The lowest BCUT2D eigenvalue weighted by atomic mass is 10.1. The number of amides is 2. The number of benzene rings is 2. The van der Waals surface area contributed by atoms with Crippen molar-refractivity contribution in [1.29, 1.82) is 0 Å². The van der Waals surface area contributed by atoms with E-state index in [-0.39, 0.29) is 30.8 Å². The first-order valence-electron chi connectivity index (χ1n) is 12.1. The second kappa shape index (κ2) is 12.7. The van der Waals surface area contributed by atoms with Crippen LogP contribution < -0.4 is 9.62 Å². The Balaban J connectivity index is 2.23. The van der Waals surface area contributed by atoms with Crippen LogP contribution in [-0.2, 0) is 26.2 Å². The van der Waals surface area contributed by atoms with Gasteiger partial charge in [0.2, 0.25) is 21.8 Å². The second-order valence-electron chi connectivity index (χ2n) is 9.32. The van der Waals surface area contributed by atoms with Gasteiger partial charge in [-0.3, -0.25) is 13.9 Å². The van der Waals surface area contributed by atoms with Gasteiger partial charge >= 0.3 is 0 Å². The van der Waals surface area contributed by atoms with Crippen LogP contribution in [0.25, 0.3) is 0 Å². The number of hydrogen-bond acceptors (Lipinski definition) is 4. The molecular formula is C27H39N3O4S. The molecule has 2 amide bonds. The molecule has 0 fully saturated rings. The minimum atomic E-state index is -3.52. The highest BCUT2D eigenvalue weighted by molar-refractivity contribution is 7.92. The fraction of sp³-hybridized carbons (Fsp3) is 0.481. The van der Waals surface area contributed by atoms with E-state index in [1.54, 1.807) is 17.0 Å². The zero-order valence-electron chi connectivity index (χ0n) is 21.7. The molecule has 1 N–H and O–H groups in total. The van der Waals surface area contributed by atoms with Crippen LogP contribution in [0.4, 0.5) is 5.69 Å². The molecule has 0 aromatic heterocycles. The summed E-state index contributed by atoms with van der Waals surface area (Å²) in [7, 11) is -3.52. The molecule has 2 rings (SSSR count). The molecule has 0 aliphatic heterocycles. The van der Waals surface area contributed by atoms with Gasteiger partial charge in [0.15, 0.2) is 0 Å². The van der Waals surface area contributed by atoms with E-state index in [0.717, 1.165) is 16.7 Å². The first kappa shape index (κ1) is 28.4. The minimum Gasteiger partial charge on any atom is -0.352 e. The van der Waals surface area contributed by atoms with Crippen molar-refractivity contribution in [2.24, 2.45) is 0 Å². The highest BCUT2D eigenvalue weighted by Crippen LogP contribution is 2.23. The van der Waals surface area contributed by atoms with Crippen molar-refractivity contribution in [3.8, 4) is 0 Å². The highest BCUT2D eigenvalue weighted by atomic mass is 32.2. The maximum atomic E-state index is 13.4. The Morgan fingerprint density at radius 1 is 1.03 bits per heavy atom. The maximum absolute atomic E-state index is 13.4. The van der Waals surface area contributed by atoms with E-state index in [4.69, 9.17) is 0 Å². The van der Waals surface area contributed by atoms with Crippen molar-refractivity contribution in [3.05, 3.63) is 65.2 Å². The maximum Gasteiger partial charge on any atom is 0.243 e. The summed E-state index contributed by atoms with van der Waals surface area (Å²) in [6, 6.07) is 14.5. The summed E-state index contributed by atoms with van der Waals surface area (Å²) in [6.45, 7) is 10.0. The van der Waals surface area contributed by atoms with Crippen LogP contribution in [0.1, 0.15) is 56.7 Å². The van der Waals surface area contributed by atoms with Crippen LogP contribution in [0.2, 0.25) is 0 Å². The van der Waals surface area contributed by atoms with E-state index in [0.29, 0.717) is 25.1 Å². The SMILES string of the molecule is CC[C@H](C(=O)NC(C)C)N(Cc1cccc(C)c1)C(=O)CCCN(c1ccccc1C)S(C)(=O)=O. The number of carbonyl (C=O) groups excluding carboxylic acids is 2. The van der Waals surface area contributed by atoms with Gasteiger partial charge in [0, 0.05) is 25.6 Å². The molecule has 0 saturated carbocycles. The summed E-state index contributed by atoms with van der Waals surface area (Å²) in [5.41, 5.74) is 3.49. The first-order valence-corrected chi connectivity index (χ1v) is 14.0. The Morgan fingerprint density at radius 3 is 2.29 bits per heavy atom.